The van der Waals surface area contributed by atoms with E-state index in [4.69, 9.17) is 0 Å². The average molecular weight is 312 g/mol. The fourth-order valence-electron chi connectivity index (χ4n) is 1.20. The van der Waals surface area contributed by atoms with Crippen LogP contribution in [0, 0.1) is 5.82 Å². The van der Waals surface area contributed by atoms with Crippen LogP contribution in [0.5, 0.6) is 0 Å². The molecule has 94 valence electrons. The molecular weight excluding hydrogens is 303 g/mol. The summed E-state index contributed by atoms with van der Waals surface area (Å²) in [6.07, 6.45) is -2.31. The average Bonchev–Trinajstić information content (AvgIpc) is 2.27. The number of carbonyl (C=O) groups is 1. The highest BCUT2D eigenvalue weighted by molar-refractivity contribution is 9.08. The lowest BCUT2D eigenvalue weighted by Gasteiger charge is -2.10. The van der Waals surface area contributed by atoms with E-state index in [9.17, 15) is 18.0 Å². The second-order valence-electron chi connectivity index (χ2n) is 3.00. The molecule has 0 radical (unpaired) electrons. The molecule has 0 saturated heterocycles. The van der Waals surface area contributed by atoms with Crippen molar-refractivity contribution in [2.75, 3.05) is 6.61 Å². The number of hydrogen-bond acceptors (Lipinski definition) is 3. The van der Waals surface area contributed by atoms with Gasteiger partial charge in [-0.25, -0.2) is 18.0 Å². The summed E-state index contributed by atoms with van der Waals surface area (Å²) >= 11 is 3.00. The maximum atomic E-state index is 13.7. The van der Waals surface area contributed by atoms with Crippen LogP contribution in [0.2, 0.25) is 0 Å². The van der Waals surface area contributed by atoms with Crippen molar-refractivity contribution in [2.45, 2.75) is 18.7 Å². The molecule has 1 heterocycles. The van der Waals surface area contributed by atoms with Gasteiger partial charge < -0.3 is 4.74 Å². The smallest absolute Gasteiger partial charge is 0.343 e. The van der Waals surface area contributed by atoms with Gasteiger partial charge >= 0.3 is 5.97 Å². The quantitative estimate of drug-likeness (QED) is 0.633. The number of halogens is 4. The van der Waals surface area contributed by atoms with Gasteiger partial charge in [0.25, 0.3) is 6.43 Å². The summed E-state index contributed by atoms with van der Waals surface area (Å²) in [7, 11) is 0. The standard InChI is InChI=1S/C10H9BrF3NO2/c1-2-17-10(16)7-6(3-11)15-4-5(8(7)12)9(13)14/h4,9H,2-3H2,1H3. The minimum absolute atomic E-state index is 0.0267. The zero-order chi connectivity index (χ0) is 13.0. The van der Waals surface area contributed by atoms with Gasteiger partial charge in [0.15, 0.2) is 0 Å². The van der Waals surface area contributed by atoms with E-state index >= 15 is 0 Å². The minimum Gasteiger partial charge on any atom is -0.462 e. The van der Waals surface area contributed by atoms with Crippen LogP contribution >= 0.6 is 15.9 Å². The van der Waals surface area contributed by atoms with E-state index in [1.54, 1.807) is 0 Å². The normalized spacial score (nSPS) is 10.7. The van der Waals surface area contributed by atoms with Gasteiger partial charge in [0.1, 0.15) is 11.4 Å². The summed E-state index contributed by atoms with van der Waals surface area (Å²) in [4.78, 5) is 15.1. The van der Waals surface area contributed by atoms with Crippen molar-refractivity contribution in [1.29, 1.82) is 0 Å². The van der Waals surface area contributed by atoms with Crippen molar-refractivity contribution in [3.8, 4) is 0 Å². The molecule has 7 heteroatoms. The van der Waals surface area contributed by atoms with Crippen LogP contribution < -0.4 is 0 Å². The van der Waals surface area contributed by atoms with Gasteiger partial charge in [-0.1, -0.05) is 15.9 Å². The van der Waals surface area contributed by atoms with Crippen LogP contribution in [0.15, 0.2) is 6.20 Å². The third-order valence-electron chi connectivity index (χ3n) is 1.96. The highest BCUT2D eigenvalue weighted by atomic mass is 79.9. The number of carbonyl (C=O) groups excluding carboxylic acids is 1. The second kappa shape index (κ2) is 6.00. The summed E-state index contributed by atoms with van der Waals surface area (Å²) in [5.74, 6) is -2.27. The molecule has 1 aromatic rings. The van der Waals surface area contributed by atoms with E-state index in [0.29, 0.717) is 0 Å². The summed E-state index contributed by atoms with van der Waals surface area (Å²) in [5, 5.41) is 0.0710. The molecule has 0 aliphatic rings. The van der Waals surface area contributed by atoms with E-state index < -0.39 is 29.3 Å². The highest BCUT2D eigenvalue weighted by Crippen LogP contribution is 2.26. The van der Waals surface area contributed by atoms with Gasteiger partial charge in [-0.3, -0.25) is 4.98 Å². The number of hydrogen-bond donors (Lipinski definition) is 0. The summed E-state index contributed by atoms with van der Waals surface area (Å²) in [6.45, 7) is 1.56. The Balaban J connectivity index is 3.32. The molecule has 0 unspecified atom stereocenters. The van der Waals surface area contributed by atoms with Crippen molar-refractivity contribution in [2.24, 2.45) is 0 Å². The molecule has 0 N–H and O–H groups in total. The molecule has 0 spiro atoms. The van der Waals surface area contributed by atoms with Gasteiger partial charge in [0.05, 0.1) is 17.9 Å². The molecule has 17 heavy (non-hydrogen) atoms. The van der Waals surface area contributed by atoms with Crippen LogP contribution in [0.4, 0.5) is 13.2 Å². The zero-order valence-corrected chi connectivity index (χ0v) is 10.4. The second-order valence-corrected chi connectivity index (χ2v) is 3.56. The lowest BCUT2D eigenvalue weighted by Crippen LogP contribution is -2.13. The molecule has 1 aromatic heterocycles. The van der Waals surface area contributed by atoms with Gasteiger partial charge in [0.2, 0.25) is 0 Å². The molecule has 0 bridgehead atoms. The predicted octanol–water partition coefficient (Wildman–Crippen LogP) is 3.23. The number of esters is 1. The van der Waals surface area contributed by atoms with Crippen LogP contribution in [0.1, 0.15) is 35.0 Å². The number of rotatable bonds is 4. The number of nitrogens with zero attached hydrogens (tertiary/aromatic N) is 1. The molecular formula is C10H9BrF3NO2. The lowest BCUT2D eigenvalue weighted by molar-refractivity contribution is 0.0518. The maximum Gasteiger partial charge on any atom is 0.343 e. The zero-order valence-electron chi connectivity index (χ0n) is 8.84. The number of aromatic nitrogens is 1. The van der Waals surface area contributed by atoms with Crippen LogP contribution in [-0.2, 0) is 10.1 Å². The first-order valence-corrected chi connectivity index (χ1v) is 5.83. The Morgan fingerprint density at radius 3 is 2.71 bits per heavy atom. The fraction of sp³-hybridized carbons (Fsp3) is 0.400. The van der Waals surface area contributed by atoms with Gasteiger partial charge in [-0.05, 0) is 6.92 Å². The monoisotopic (exact) mass is 311 g/mol. The molecule has 0 atom stereocenters. The van der Waals surface area contributed by atoms with Gasteiger partial charge in [-0.2, -0.15) is 0 Å². The molecule has 1 rings (SSSR count). The first kappa shape index (κ1) is 14.0. The molecule has 0 amide bonds. The number of alkyl halides is 3. The fourth-order valence-corrected chi connectivity index (χ4v) is 1.63. The summed E-state index contributed by atoms with van der Waals surface area (Å²) < 4.78 is 43.2. The number of ether oxygens (including phenoxy) is 1. The molecule has 0 fully saturated rings. The van der Waals surface area contributed by atoms with E-state index in [1.807, 2.05) is 0 Å². The molecule has 0 saturated carbocycles. The molecule has 0 aromatic carbocycles. The maximum absolute atomic E-state index is 13.7. The summed E-state index contributed by atoms with van der Waals surface area (Å²) in [5.41, 5.74) is -1.41. The van der Waals surface area contributed by atoms with Crippen LogP contribution in [0.3, 0.4) is 0 Å². The Bertz CT molecular complexity index is 426. The largest absolute Gasteiger partial charge is 0.462 e. The minimum atomic E-state index is -3.03. The Morgan fingerprint density at radius 2 is 2.24 bits per heavy atom. The van der Waals surface area contributed by atoms with Crippen molar-refractivity contribution >= 4 is 21.9 Å². The lowest BCUT2D eigenvalue weighted by atomic mass is 10.1. The predicted molar refractivity (Wildman–Crippen MR) is 57.7 cm³/mol. The third kappa shape index (κ3) is 2.96. The topological polar surface area (TPSA) is 39.2 Å². The Morgan fingerprint density at radius 1 is 1.59 bits per heavy atom. The van der Waals surface area contributed by atoms with E-state index in [0.717, 1.165) is 6.20 Å². The number of pyridine rings is 1. The Kier molecular flexibility index (Phi) is 4.92. The van der Waals surface area contributed by atoms with Crippen molar-refractivity contribution in [3.05, 3.63) is 28.8 Å². The van der Waals surface area contributed by atoms with Crippen molar-refractivity contribution in [3.63, 3.8) is 0 Å². The van der Waals surface area contributed by atoms with Crippen molar-refractivity contribution < 1.29 is 22.7 Å². The third-order valence-corrected chi connectivity index (χ3v) is 2.49. The molecule has 0 aliphatic carbocycles. The van der Waals surface area contributed by atoms with Gasteiger partial charge in [0, 0.05) is 11.5 Å². The Hall–Kier alpha value is -1.11. The van der Waals surface area contributed by atoms with E-state index in [-0.39, 0.29) is 17.6 Å². The van der Waals surface area contributed by atoms with Crippen LogP contribution in [0.25, 0.3) is 0 Å². The van der Waals surface area contributed by atoms with Crippen molar-refractivity contribution in [1.82, 2.24) is 4.98 Å². The molecule has 3 nitrogen and oxygen atoms in total. The van der Waals surface area contributed by atoms with E-state index in [2.05, 4.69) is 25.7 Å². The van der Waals surface area contributed by atoms with E-state index in [1.165, 1.54) is 6.92 Å². The van der Waals surface area contributed by atoms with Gasteiger partial charge in [-0.15, -0.1) is 0 Å². The van der Waals surface area contributed by atoms with Crippen LogP contribution in [-0.4, -0.2) is 17.6 Å². The Labute approximate surface area is 104 Å². The first-order chi connectivity index (χ1) is 8.02. The SMILES string of the molecule is CCOC(=O)c1c(CBr)ncc(C(F)F)c1F. The highest BCUT2D eigenvalue weighted by Gasteiger charge is 2.25. The first-order valence-electron chi connectivity index (χ1n) is 4.71. The summed E-state index contributed by atoms with van der Waals surface area (Å²) in [6, 6.07) is 0. The molecule has 0 aliphatic heterocycles.